The molecule has 1 aromatic heterocycles. The number of aromatic amines is 1. The molecule has 0 spiro atoms. The number of anilines is 1. The third kappa shape index (κ3) is 4.01. The van der Waals surface area contributed by atoms with E-state index in [1.807, 2.05) is 25.1 Å². The second-order valence-electron chi connectivity index (χ2n) is 9.53. The van der Waals surface area contributed by atoms with Gasteiger partial charge in [-0.2, -0.15) is 13.2 Å². The molecule has 6 nitrogen and oxygen atoms in total. The normalized spacial score (nSPS) is 25.7. The molecule has 3 aromatic rings. The first kappa shape index (κ1) is 21.7. The Morgan fingerprint density at radius 1 is 1.18 bits per heavy atom. The van der Waals surface area contributed by atoms with Crippen LogP contribution in [0.2, 0.25) is 0 Å². The molecule has 2 aliphatic heterocycles. The molecule has 3 heterocycles. The highest BCUT2D eigenvalue weighted by atomic mass is 19.4. The van der Waals surface area contributed by atoms with Crippen molar-refractivity contribution >= 4 is 16.7 Å². The highest BCUT2D eigenvalue weighted by Gasteiger charge is 2.39. The number of fused-ring (bicyclic) bond motifs is 2. The number of rotatable bonds is 4. The fourth-order valence-electron chi connectivity index (χ4n) is 5.09. The van der Waals surface area contributed by atoms with E-state index in [1.165, 1.54) is 0 Å². The van der Waals surface area contributed by atoms with E-state index >= 15 is 0 Å². The van der Waals surface area contributed by atoms with Gasteiger partial charge in [0, 0.05) is 24.6 Å². The van der Waals surface area contributed by atoms with Crippen LogP contribution in [-0.2, 0) is 10.9 Å². The summed E-state index contributed by atoms with van der Waals surface area (Å²) in [5, 5.41) is 3.65. The number of hydrogen-bond donors (Lipinski definition) is 2. The number of hydrogen-bond acceptors (Lipinski definition) is 5. The first-order valence-corrected chi connectivity index (χ1v) is 11.8. The van der Waals surface area contributed by atoms with Gasteiger partial charge in [0.1, 0.15) is 23.7 Å². The number of aromatic nitrogens is 2. The summed E-state index contributed by atoms with van der Waals surface area (Å²) < 4.78 is 51.7. The molecule has 2 fully saturated rings. The van der Waals surface area contributed by atoms with Gasteiger partial charge in [0.05, 0.1) is 41.6 Å². The number of imidazole rings is 1. The number of nitrogens with zero attached hydrogens (tertiary/aromatic N) is 2. The van der Waals surface area contributed by atoms with Crippen molar-refractivity contribution in [2.45, 2.75) is 50.0 Å². The van der Waals surface area contributed by atoms with Gasteiger partial charge in [-0.15, -0.1) is 0 Å². The van der Waals surface area contributed by atoms with Gasteiger partial charge in [0.15, 0.2) is 0 Å². The predicted octanol–water partition coefficient (Wildman–Crippen LogP) is 5.09. The summed E-state index contributed by atoms with van der Waals surface area (Å²) in [5.74, 6) is 1.77. The molecule has 9 heteroatoms. The zero-order chi connectivity index (χ0) is 23.4. The summed E-state index contributed by atoms with van der Waals surface area (Å²) >= 11 is 0. The fraction of sp³-hybridized carbons (Fsp3) is 0.480. The van der Waals surface area contributed by atoms with Crippen molar-refractivity contribution in [3.8, 4) is 5.75 Å². The number of nitrogens with one attached hydrogen (secondary N) is 2. The zero-order valence-corrected chi connectivity index (χ0v) is 18.9. The molecule has 1 aliphatic carbocycles. The van der Waals surface area contributed by atoms with E-state index in [9.17, 15) is 13.2 Å². The molecule has 2 aromatic carbocycles. The predicted molar refractivity (Wildman–Crippen MR) is 122 cm³/mol. The van der Waals surface area contributed by atoms with Crippen LogP contribution in [0, 0.1) is 0 Å². The number of benzene rings is 2. The van der Waals surface area contributed by atoms with Gasteiger partial charge < -0.3 is 19.8 Å². The quantitative estimate of drug-likeness (QED) is 0.554. The van der Waals surface area contributed by atoms with Gasteiger partial charge in [0.25, 0.3) is 0 Å². The SMILES string of the molecule is CC1CN(C2COc3cc(C(F)(F)F)ccc3C2Nc2cccc3[nH]c(C4CC4)nc23)CCO1. The van der Waals surface area contributed by atoms with Gasteiger partial charge in [0.2, 0.25) is 0 Å². The van der Waals surface area contributed by atoms with Crippen molar-refractivity contribution in [2.24, 2.45) is 0 Å². The number of halogens is 3. The van der Waals surface area contributed by atoms with E-state index in [1.54, 1.807) is 6.07 Å². The number of morpholine rings is 1. The largest absolute Gasteiger partial charge is 0.491 e. The zero-order valence-electron chi connectivity index (χ0n) is 18.9. The number of ether oxygens (including phenoxy) is 2. The Hall–Kier alpha value is -2.78. The first-order chi connectivity index (χ1) is 16.4. The molecule has 180 valence electrons. The molecule has 6 rings (SSSR count). The van der Waals surface area contributed by atoms with Crippen molar-refractivity contribution in [3.05, 3.63) is 53.3 Å². The van der Waals surface area contributed by atoms with E-state index in [-0.39, 0.29) is 23.9 Å². The van der Waals surface area contributed by atoms with Gasteiger partial charge in [-0.05, 0) is 44.0 Å². The van der Waals surface area contributed by atoms with Gasteiger partial charge in [-0.3, -0.25) is 4.90 Å². The smallest absolute Gasteiger partial charge is 0.416 e. The van der Waals surface area contributed by atoms with Crippen molar-refractivity contribution in [1.82, 2.24) is 14.9 Å². The summed E-state index contributed by atoms with van der Waals surface area (Å²) in [5.41, 5.74) is 2.71. The highest BCUT2D eigenvalue weighted by Crippen LogP contribution is 2.43. The summed E-state index contributed by atoms with van der Waals surface area (Å²) in [6.07, 6.45) is -2.04. The Morgan fingerprint density at radius 3 is 2.79 bits per heavy atom. The van der Waals surface area contributed by atoms with Crippen molar-refractivity contribution in [2.75, 3.05) is 31.6 Å². The van der Waals surface area contributed by atoms with Crippen molar-refractivity contribution in [3.63, 3.8) is 0 Å². The topological polar surface area (TPSA) is 62.4 Å². The Bertz CT molecular complexity index is 1210. The lowest BCUT2D eigenvalue weighted by atomic mass is 9.93. The van der Waals surface area contributed by atoms with Gasteiger partial charge in [-0.25, -0.2) is 4.98 Å². The first-order valence-electron chi connectivity index (χ1n) is 11.8. The number of para-hydroxylation sites is 1. The Kier molecular flexibility index (Phi) is 5.22. The van der Waals surface area contributed by atoms with E-state index in [0.29, 0.717) is 19.1 Å². The summed E-state index contributed by atoms with van der Waals surface area (Å²) in [7, 11) is 0. The molecular formula is C25H27F3N4O2. The summed E-state index contributed by atoms with van der Waals surface area (Å²) in [6, 6.07) is 9.44. The van der Waals surface area contributed by atoms with E-state index in [4.69, 9.17) is 14.5 Å². The second-order valence-corrected chi connectivity index (χ2v) is 9.53. The van der Waals surface area contributed by atoms with Crippen LogP contribution in [0.5, 0.6) is 5.75 Å². The molecule has 3 atom stereocenters. The van der Waals surface area contributed by atoms with Crippen LogP contribution in [0.3, 0.4) is 0 Å². The summed E-state index contributed by atoms with van der Waals surface area (Å²) in [6.45, 7) is 4.42. The minimum absolute atomic E-state index is 0.0623. The maximum Gasteiger partial charge on any atom is 0.416 e. The molecule has 1 saturated carbocycles. The van der Waals surface area contributed by atoms with Gasteiger partial charge in [-0.1, -0.05) is 12.1 Å². The van der Waals surface area contributed by atoms with Crippen LogP contribution in [0.15, 0.2) is 36.4 Å². The van der Waals surface area contributed by atoms with Crippen LogP contribution in [0.25, 0.3) is 11.0 Å². The standard InChI is InChI=1S/C25H27F3N4O2/c1-14-12-32(9-10-33-14)20-13-34-21-11-16(25(26,27)28)7-8-17(21)22(20)29-18-3-2-4-19-23(18)31-24(30-19)15-5-6-15/h2-4,7-8,11,14-15,20,22,29H,5-6,9-10,12-13H2,1H3,(H,30,31). The van der Waals surface area contributed by atoms with Crippen LogP contribution in [-0.4, -0.2) is 53.3 Å². The Morgan fingerprint density at radius 2 is 2.03 bits per heavy atom. The average molecular weight is 473 g/mol. The molecule has 0 radical (unpaired) electrons. The minimum atomic E-state index is -4.42. The Labute approximate surface area is 195 Å². The third-order valence-electron chi connectivity index (χ3n) is 7.02. The van der Waals surface area contributed by atoms with Gasteiger partial charge >= 0.3 is 6.18 Å². The maximum absolute atomic E-state index is 13.4. The number of alkyl halides is 3. The highest BCUT2D eigenvalue weighted by molar-refractivity contribution is 5.88. The monoisotopic (exact) mass is 472 g/mol. The molecule has 1 saturated heterocycles. The third-order valence-corrected chi connectivity index (χ3v) is 7.02. The molecule has 2 N–H and O–H groups in total. The van der Waals surface area contributed by atoms with Crippen LogP contribution < -0.4 is 10.1 Å². The minimum Gasteiger partial charge on any atom is -0.491 e. The lowest BCUT2D eigenvalue weighted by Gasteiger charge is -2.44. The second kappa shape index (κ2) is 8.16. The Balaban J connectivity index is 1.39. The van der Waals surface area contributed by atoms with E-state index < -0.39 is 11.7 Å². The molecule has 34 heavy (non-hydrogen) atoms. The average Bonchev–Trinajstić information content (AvgIpc) is 3.57. The molecule has 3 unspecified atom stereocenters. The lowest BCUT2D eigenvalue weighted by Crippen LogP contribution is -2.54. The van der Waals surface area contributed by atoms with Crippen molar-refractivity contribution in [1.29, 1.82) is 0 Å². The van der Waals surface area contributed by atoms with Crippen LogP contribution >= 0.6 is 0 Å². The molecular weight excluding hydrogens is 445 g/mol. The van der Waals surface area contributed by atoms with E-state index in [2.05, 4.69) is 15.2 Å². The summed E-state index contributed by atoms with van der Waals surface area (Å²) in [4.78, 5) is 10.6. The molecule has 0 bridgehead atoms. The van der Waals surface area contributed by atoms with Crippen molar-refractivity contribution < 1.29 is 22.6 Å². The lowest BCUT2D eigenvalue weighted by molar-refractivity contribution is -0.137. The molecule has 3 aliphatic rings. The van der Waals surface area contributed by atoms with Crippen LogP contribution in [0.4, 0.5) is 18.9 Å². The van der Waals surface area contributed by atoms with Crippen LogP contribution in [0.1, 0.15) is 48.7 Å². The van der Waals surface area contributed by atoms with E-state index in [0.717, 1.165) is 66.2 Å². The number of H-pyrrole nitrogens is 1. The fourth-order valence-corrected chi connectivity index (χ4v) is 5.09. The maximum atomic E-state index is 13.4. The molecule has 0 amide bonds.